The van der Waals surface area contributed by atoms with Gasteiger partial charge < -0.3 is 24.6 Å². The largest absolute Gasteiger partial charge is 0.395 e. The monoisotopic (exact) mass is 662 g/mol. The zero-order chi connectivity index (χ0) is 32.7. The van der Waals surface area contributed by atoms with Gasteiger partial charge in [-0.05, 0) is 37.8 Å². The van der Waals surface area contributed by atoms with Gasteiger partial charge in [0, 0.05) is 48.5 Å². The number of ether oxygens (including phenoxy) is 1. The maximum atomic E-state index is 14.3. The van der Waals surface area contributed by atoms with Gasteiger partial charge >= 0.3 is 0 Å². The summed E-state index contributed by atoms with van der Waals surface area (Å²) in [6.45, 7) is 3.41. The minimum absolute atomic E-state index is 0.0113. The fourth-order valence-corrected chi connectivity index (χ4v) is 10.6. The van der Waals surface area contributed by atoms with E-state index in [0.29, 0.717) is 24.3 Å². The van der Waals surface area contributed by atoms with Gasteiger partial charge in [-0.15, -0.1) is 5.10 Å². The molecule has 250 valence electrons. The Kier molecular flexibility index (Phi) is 9.95. The summed E-state index contributed by atoms with van der Waals surface area (Å²) < 4.78 is 82.9. The van der Waals surface area contributed by atoms with E-state index in [0.717, 1.165) is 24.1 Å². The standard InChI is InChI=1S/C30H39F5N4O5S/c1-4-6-21-17(5-2)25(37-44-21)28(29(42)7-9-30(34,35)10-8-29)45-15-22(43-3)26(27(41)23(45)14-40)39-13-20(36-38-39)16-11-18(31)24(33)19(32)12-16/h11-13,22-23,26-28,40-42,45H,4-10,14-15H2,1-3H3/t22-,23+,26+,27-,28?/m0/s1. The molecule has 45 heavy (non-hydrogen) atoms. The van der Waals surface area contributed by atoms with Crippen molar-refractivity contribution in [3.8, 4) is 11.3 Å². The van der Waals surface area contributed by atoms with E-state index in [2.05, 4.69) is 15.5 Å². The molecule has 3 heterocycles. The summed E-state index contributed by atoms with van der Waals surface area (Å²) in [6.07, 6.45) is -0.264. The second-order valence-corrected chi connectivity index (χ2v) is 14.5. The second kappa shape index (κ2) is 13.3. The number of benzene rings is 1. The number of hydrogen-bond donors (Lipinski definition) is 4. The zero-order valence-electron chi connectivity index (χ0n) is 25.3. The highest BCUT2D eigenvalue weighted by Crippen LogP contribution is 2.61. The predicted molar refractivity (Wildman–Crippen MR) is 157 cm³/mol. The normalized spacial score (nSPS) is 27.8. The van der Waals surface area contributed by atoms with Crippen molar-refractivity contribution >= 4 is 10.9 Å². The minimum atomic E-state index is -2.92. The molecule has 0 spiro atoms. The molecule has 2 unspecified atom stereocenters. The molecule has 15 heteroatoms. The molecule has 1 saturated carbocycles. The van der Waals surface area contributed by atoms with Crippen molar-refractivity contribution in [2.75, 3.05) is 19.5 Å². The molecule has 9 nitrogen and oxygen atoms in total. The summed E-state index contributed by atoms with van der Waals surface area (Å²) in [4.78, 5) is 0. The highest BCUT2D eigenvalue weighted by molar-refractivity contribution is 8.18. The summed E-state index contributed by atoms with van der Waals surface area (Å²) in [6, 6.07) is 0.637. The third-order valence-electron chi connectivity index (χ3n) is 9.20. The van der Waals surface area contributed by atoms with Crippen LogP contribution in [-0.2, 0) is 17.6 Å². The van der Waals surface area contributed by atoms with Gasteiger partial charge in [-0.2, -0.15) is 0 Å². The van der Waals surface area contributed by atoms with Gasteiger partial charge in [0.1, 0.15) is 23.2 Å². The van der Waals surface area contributed by atoms with Crippen molar-refractivity contribution in [3.05, 3.63) is 52.8 Å². The van der Waals surface area contributed by atoms with E-state index in [-0.39, 0.29) is 29.9 Å². The molecule has 3 aromatic rings. The molecule has 3 N–H and O–H groups in total. The Bertz CT molecular complexity index is 1460. The van der Waals surface area contributed by atoms with Crippen LogP contribution in [0.25, 0.3) is 11.3 Å². The highest BCUT2D eigenvalue weighted by Gasteiger charge is 2.55. The second-order valence-electron chi connectivity index (χ2n) is 12.0. The Morgan fingerprint density at radius 3 is 2.38 bits per heavy atom. The van der Waals surface area contributed by atoms with Gasteiger partial charge in [0.25, 0.3) is 0 Å². The number of thiol groups is 1. The molecule has 2 fully saturated rings. The fraction of sp³-hybridized carbons (Fsp3) is 0.633. The molecule has 2 aliphatic rings. The topological polar surface area (TPSA) is 127 Å². The average molecular weight is 663 g/mol. The van der Waals surface area contributed by atoms with Crippen molar-refractivity contribution in [1.29, 1.82) is 0 Å². The number of aromatic nitrogens is 4. The van der Waals surface area contributed by atoms with Gasteiger partial charge in [0.05, 0.1) is 35.9 Å². The van der Waals surface area contributed by atoms with Crippen LogP contribution in [0.1, 0.15) is 74.3 Å². The van der Waals surface area contributed by atoms with Crippen molar-refractivity contribution in [2.45, 2.75) is 99.1 Å². The number of nitrogens with zero attached hydrogens (tertiary/aromatic N) is 4. The molecule has 2 aromatic heterocycles. The lowest BCUT2D eigenvalue weighted by molar-refractivity contribution is -0.105. The number of hydrogen-bond acceptors (Lipinski definition) is 8. The van der Waals surface area contributed by atoms with Crippen LogP contribution in [0.4, 0.5) is 22.0 Å². The molecule has 0 radical (unpaired) electrons. The van der Waals surface area contributed by atoms with Gasteiger partial charge in [0.15, 0.2) is 17.5 Å². The lowest BCUT2D eigenvalue weighted by atomic mass is 9.78. The van der Waals surface area contributed by atoms with Crippen molar-refractivity contribution < 1.29 is 46.5 Å². The summed E-state index contributed by atoms with van der Waals surface area (Å²) in [5, 5.41) is 45.4. The summed E-state index contributed by atoms with van der Waals surface area (Å²) in [5.74, 6) is -6.46. The van der Waals surface area contributed by atoms with Gasteiger partial charge in [0.2, 0.25) is 5.92 Å². The van der Waals surface area contributed by atoms with E-state index < -0.39 is 88.1 Å². The predicted octanol–water partition coefficient (Wildman–Crippen LogP) is 4.84. The first-order valence-corrected chi connectivity index (χ1v) is 16.8. The molecule has 1 saturated heterocycles. The van der Waals surface area contributed by atoms with E-state index in [4.69, 9.17) is 9.26 Å². The molecule has 1 aliphatic carbocycles. The maximum absolute atomic E-state index is 14.3. The van der Waals surface area contributed by atoms with Crippen molar-refractivity contribution in [1.82, 2.24) is 20.2 Å². The summed E-state index contributed by atoms with van der Waals surface area (Å²) in [7, 11) is -0.163. The third kappa shape index (κ3) is 6.38. The van der Waals surface area contributed by atoms with Crippen LogP contribution in [0.2, 0.25) is 0 Å². The molecular formula is C30H39F5N4O5S. The SMILES string of the molecule is CCCc1onc(C([SH]2C[C@H](OC)[C@@H](n3cc(-c4cc(F)c(F)c(F)c4)nn3)[C@@H](O)[C@H]2CO)C2(O)CCC(F)(F)CC2)c1CC. The quantitative estimate of drug-likeness (QED) is 0.138. The number of methoxy groups -OCH3 is 1. The molecule has 1 aliphatic heterocycles. The molecule has 5 rings (SSSR count). The van der Waals surface area contributed by atoms with Crippen LogP contribution in [0.3, 0.4) is 0 Å². The van der Waals surface area contributed by atoms with Crippen molar-refractivity contribution in [2.24, 2.45) is 0 Å². The van der Waals surface area contributed by atoms with Crippen LogP contribution >= 0.6 is 10.9 Å². The first kappa shape index (κ1) is 33.8. The Labute approximate surface area is 260 Å². The Morgan fingerprint density at radius 1 is 1.13 bits per heavy atom. The van der Waals surface area contributed by atoms with E-state index in [1.54, 1.807) is 0 Å². The smallest absolute Gasteiger partial charge is 0.248 e. The van der Waals surface area contributed by atoms with Gasteiger partial charge in [-0.25, -0.2) is 37.5 Å². The molecule has 1 aromatic carbocycles. The van der Waals surface area contributed by atoms with Crippen LogP contribution in [0.5, 0.6) is 0 Å². The average Bonchev–Trinajstić information content (AvgIpc) is 3.65. The van der Waals surface area contributed by atoms with Crippen LogP contribution in [-0.4, -0.2) is 83.9 Å². The number of aryl methyl sites for hydroxylation is 1. The van der Waals surface area contributed by atoms with Crippen LogP contribution in [0.15, 0.2) is 22.9 Å². The zero-order valence-corrected chi connectivity index (χ0v) is 26.2. The number of aliphatic hydroxyl groups is 3. The number of aliphatic hydroxyl groups excluding tert-OH is 2. The maximum Gasteiger partial charge on any atom is 0.248 e. The molecule has 0 amide bonds. The van der Waals surface area contributed by atoms with E-state index in [9.17, 15) is 37.3 Å². The lowest BCUT2D eigenvalue weighted by Gasteiger charge is -2.53. The van der Waals surface area contributed by atoms with Crippen molar-refractivity contribution in [3.63, 3.8) is 0 Å². The first-order valence-electron chi connectivity index (χ1n) is 15.1. The Balaban J connectivity index is 1.54. The fourth-order valence-electron chi connectivity index (χ4n) is 6.82. The molecule has 6 atom stereocenters. The number of alkyl halides is 2. The Morgan fingerprint density at radius 2 is 1.80 bits per heavy atom. The third-order valence-corrected chi connectivity index (χ3v) is 12.7. The van der Waals surface area contributed by atoms with Crippen LogP contribution < -0.4 is 0 Å². The minimum Gasteiger partial charge on any atom is -0.395 e. The molecular weight excluding hydrogens is 623 g/mol. The highest BCUT2D eigenvalue weighted by atomic mass is 32.2. The molecule has 0 bridgehead atoms. The summed E-state index contributed by atoms with van der Waals surface area (Å²) >= 11 is 0. The Hall–Kier alpha value is -2.59. The number of rotatable bonds is 10. The van der Waals surface area contributed by atoms with Gasteiger partial charge in [-0.1, -0.05) is 24.2 Å². The van der Waals surface area contributed by atoms with E-state index in [1.807, 2.05) is 13.8 Å². The lowest BCUT2D eigenvalue weighted by Crippen LogP contribution is -2.54. The van der Waals surface area contributed by atoms with E-state index in [1.165, 1.54) is 18.0 Å². The van der Waals surface area contributed by atoms with E-state index >= 15 is 0 Å². The first-order chi connectivity index (χ1) is 21.4. The number of halogens is 5. The van der Waals surface area contributed by atoms with Crippen LogP contribution in [0, 0.1) is 17.5 Å². The van der Waals surface area contributed by atoms with Gasteiger partial charge in [-0.3, -0.25) is 0 Å². The summed E-state index contributed by atoms with van der Waals surface area (Å²) in [5.41, 5.74) is -0.417.